The molecule has 3 atom stereocenters. The van der Waals surface area contributed by atoms with E-state index >= 15 is 0 Å². The fraction of sp³-hybridized carbons (Fsp3) is 0.400. The molecule has 0 radical (unpaired) electrons. The van der Waals surface area contributed by atoms with Gasteiger partial charge >= 0.3 is 0 Å². The number of hydrogen-bond acceptors (Lipinski definition) is 3. The van der Waals surface area contributed by atoms with Crippen LogP contribution in [0, 0.1) is 17.3 Å². The van der Waals surface area contributed by atoms with Crippen molar-refractivity contribution in [2.24, 2.45) is 17.3 Å². The quantitative estimate of drug-likeness (QED) is 0.701. The Morgan fingerprint density at radius 3 is 2.17 bits per heavy atom. The summed E-state index contributed by atoms with van der Waals surface area (Å²) < 4.78 is 0. The molecule has 1 saturated heterocycles. The lowest BCUT2D eigenvalue weighted by Gasteiger charge is -2.40. The van der Waals surface area contributed by atoms with E-state index in [1.165, 1.54) is 4.90 Å². The Balaban J connectivity index is 1.37. The Morgan fingerprint density at radius 2 is 1.57 bits per heavy atom. The van der Waals surface area contributed by atoms with E-state index in [2.05, 4.69) is 20.8 Å². The lowest BCUT2D eigenvalue weighted by Crippen LogP contribution is -2.39. The molecule has 2 heterocycles. The van der Waals surface area contributed by atoms with Crippen molar-refractivity contribution in [2.75, 3.05) is 11.4 Å². The number of carbonyl (C=O) groups excluding carboxylic acids is 3. The summed E-state index contributed by atoms with van der Waals surface area (Å²) in [7, 11) is 0. The van der Waals surface area contributed by atoms with Crippen LogP contribution < -0.4 is 4.90 Å². The first-order valence-electron chi connectivity index (χ1n) is 10.7. The highest BCUT2D eigenvalue weighted by Crippen LogP contribution is 2.49. The van der Waals surface area contributed by atoms with E-state index in [1.54, 1.807) is 48.5 Å². The number of likely N-dealkylation sites (tertiary alicyclic amines) is 1. The van der Waals surface area contributed by atoms with E-state index < -0.39 is 0 Å². The molecule has 154 valence electrons. The topological polar surface area (TPSA) is 57.7 Å². The maximum absolute atomic E-state index is 13.2. The van der Waals surface area contributed by atoms with Gasteiger partial charge in [0.05, 0.1) is 16.8 Å². The summed E-state index contributed by atoms with van der Waals surface area (Å²) in [6, 6.07) is 14.0. The van der Waals surface area contributed by atoms with Gasteiger partial charge in [0.2, 0.25) is 0 Å². The van der Waals surface area contributed by atoms with Crippen molar-refractivity contribution < 1.29 is 14.4 Å². The summed E-state index contributed by atoms with van der Waals surface area (Å²) in [4.78, 5) is 41.8. The highest BCUT2D eigenvalue weighted by atomic mass is 16.2. The lowest BCUT2D eigenvalue weighted by atomic mass is 9.65. The van der Waals surface area contributed by atoms with Crippen LogP contribution in [0.5, 0.6) is 0 Å². The highest BCUT2D eigenvalue weighted by Gasteiger charge is 2.49. The molecule has 2 bridgehead atoms. The van der Waals surface area contributed by atoms with E-state index in [1.807, 2.05) is 4.90 Å². The number of nitrogens with zero attached hydrogens (tertiary/aromatic N) is 2. The second kappa shape index (κ2) is 6.53. The van der Waals surface area contributed by atoms with Gasteiger partial charge in [0.15, 0.2) is 0 Å². The fourth-order valence-corrected chi connectivity index (χ4v) is 5.53. The van der Waals surface area contributed by atoms with Gasteiger partial charge < -0.3 is 4.90 Å². The minimum Gasteiger partial charge on any atom is -0.335 e. The molecule has 2 aliphatic heterocycles. The van der Waals surface area contributed by atoms with E-state index in [4.69, 9.17) is 0 Å². The molecule has 1 saturated carbocycles. The van der Waals surface area contributed by atoms with Crippen molar-refractivity contribution >= 4 is 23.4 Å². The van der Waals surface area contributed by atoms with Crippen LogP contribution in [-0.2, 0) is 0 Å². The molecule has 0 unspecified atom stereocenters. The average molecular weight is 402 g/mol. The summed E-state index contributed by atoms with van der Waals surface area (Å²) in [6.07, 6.45) is 2.12. The molecule has 30 heavy (non-hydrogen) atoms. The monoisotopic (exact) mass is 402 g/mol. The number of hydrogen-bond donors (Lipinski definition) is 0. The molecule has 5 heteroatoms. The minimum atomic E-state index is -0.320. The van der Waals surface area contributed by atoms with Crippen molar-refractivity contribution in [3.63, 3.8) is 0 Å². The van der Waals surface area contributed by atoms with Crippen LogP contribution in [-0.4, -0.2) is 35.2 Å². The predicted octanol–water partition coefficient (Wildman–Crippen LogP) is 4.38. The smallest absolute Gasteiger partial charge is 0.266 e. The van der Waals surface area contributed by atoms with Crippen LogP contribution in [0.3, 0.4) is 0 Å². The molecular formula is C25H26N2O3. The third-order valence-electron chi connectivity index (χ3n) is 7.58. The number of carbonyl (C=O) groups is 3. The third kappa shape index (κ3) is 2.72. The highest BCUT2D eigenvalue weighted by molar-refractivity contribution is 6.34. The molecule has 2 fully saturated rings. The third-order valence-corrected chi connectivity index (χ3v) is 7.58. The first-order valence-corrected chi connectivity index (χ1v) is 10.7. The van der Waals surface area contributed by atoms with Crippen LogP contribution in [0.2, 0.25) is 0 Å². The number of imide groups is 1. The number of anilines is 1. The van der Waals surface area contributed by atoms with Crippen LogP contribution >= 0.6 is 0 Å². The Bertz CT molecular complexity index is 1020. The van der Waals surface area contributed by atoms with Crippen molar-refractivity contribution in [1.82, 2.24) is 4.90 Å². The molecule has 1 aliphatic carbocycles. The van der Waals surface area contributed by atoms with Gasteiger partial charge in [0.25, 0.3) is 17.7 Å². The summed E-state index contributed by atoms with van der Waals surface area (Å²) in [5.41, 5.74) is 2.19. The molecular weight excluding hydrogens is 376 g/mol. The molecule has 2 aromatic rings. The zero-order chi connectivity index (χ0) is 21.2. The van der Waals surface area contributed by atoms with E-state index in [0.29, 0.717) is 40.3 Å². The maximum atomic E-state index is 13.2. The first-order chi connectivity index (χ1) is 14.3. The maximum Gasteiger partial charge on any atom is 0.266 e. The fourth-order valence-electron chi connectivity index (χ4n) is 5.53. The number of fused-ring (bicyclic) bond motifs is 3. The second-order valence-corrected chi connectivity index (χ2v) is 9.63. The van der Waals surface area contributed by atoms with Gasteiger partial charge in [-0.3, -0.25) is 14.4 Å². The molecule has 5 nitrogen and oxygen atoms in total. The van der Waals surface area contributed by atoms with Crippen LogP contribution in [0.25, 0.3) is 0 Å². The summed E-state index contributed by atoms with van der Waals surface area (Å²) >= 11 is 0. The predicted molar refractivity (Wildman–Crippen MR) is 115 cm³/mol. The van der Waals surface area contributed by atoms with Gasteiger partial charge in [-0.1, -0.05) is 32.9 Å². The molecule has 5 rings (SSSR count). The van der Waals surface area contributed by atoms with Gasteiger partial charge in [0, 0.05) is 18.2 Å². The number of benzene rings is 2. The molecule has 0 spiro atoms. The van der Waals surface area contributed by atoms with Crippen molar-refractivity contribution in [3.8, 4) is 0 Å². The summed E-state index contributed by atoms with van der Waals surface area (Å²) in [6.45, 7) is 7.74. The molecule has 3 aliphatic rings. The number of amides is 3. The van der Waals surface area contributed by atoms with Crippen molar-refractivity contribution in [1.29, 1.82) is 0 Å². The van der Waals surface area contributed by atoms with Gasteiger partial charge in [-0.25, -0.2) is 4.90 Å². The Morgan fingerprint density at radius 1 is 0.967 bits per heavy atom. The van der Waals surface area contributed by atoms with Crippen LogP contribution in [0.1, 0.15) is 64.7 Å². The van der Waals surface area contributed by atoms with Crippen LogP contribution in [0.4, 0.5) is 5.69 Å². The van der Waals surface area contributed by atoms with Crippen molar-refractivity contribution in [2.45, 2.75) is 39.7 Å². The van der Waals surface area contributed by atoms with Gasteiger partial charge in [-0.05, 0) is 66.5 Å². The lowest BCUT2D eigenvalue weighted by molar-refractivity contribution is 0.0677. The molecule has 2 aromatic carbocycles. The summed E-state index contributed by atoms with van der Waals surface area (Å²) in [5.74, 6) is 0.558. The normalized spacial score (nSPS) is 26.8. The number of rotatable bonds is 2. The SMILES string of the molecule is C[C@H]1[C@@H]2C[C@@H](CC1(C)C)N(C(=O)c1ccc(N3C(=O)c4ccccc4C3=O)cc1)C2. The average Bonchev–Trinajstić information content (AvgIpc) is 3.23. The zero-order valence-electron chi connectivity index (χ0n) is 17.6. The zero-order valence-corrected chi connectivity index (χ0v) is 17.6. The van der Waals surface area contributed by atoms with Gasteiger partial charge in [-0.15, -0.1) is 0 Å². The van der Waals surface area contributed by atoms with E-state index in [-0.39, 0.29) is 23.1 Å². The van der Waals surface area contributed by atoms with E-state index in [9.17, 15) is 14.4 Å². The molecule has 0 N–H and O–H groups in total. The first kappa shape index (κ1) is 19.0. The minimum absolute atomic E-state index is 0.0429. The molecule has 0 aromatic heterocycles. The van der Waals surface area contributed by atoms with Gasteiger partial charge in [-0.2, -0.15) is 0 Å². The Kier molecular flexibility index (Phi) is 4.14. The summed E-state index contributed by atoms with van der Waals surface area (Å²) in [5, 5.41) is 0. The van der Waals surface area contributed by atoms with E-state index in [0.717, 1.165) is 19.4 Å². The van der Waals surface area contributed by atoms with Crippen molar-refractivity contribution in [3.05, 3.63) is 65.2 Å². The Hall–Kier alpha value is -2.95. The van der Waals surface area contributed by atoms with Crippen LogP contribution in [0.15, 0.2) is 48.5 Å². The Labute approximate surface area is 176 Å². The second-order valence-electron chi connectivity index (χ2n) is 9.63. The largest absolute Gasteiger partial charge is 0.335 e. The molecule has 3 amide bonds. The standard InChI is InChI=1S/C25H26N2O3/c1-15-17-12-19(13-25(15,2)3)26(14-17)22(28)16-8-10-18(11-9-16)27-23(29)20-6-4-5-7-21(20)24(27)30/h4-11,15,17,19H,12-14H2,1-3H3/t15-,17+,19-/m0/s1. The van der Waals surface area contributed by atoms with Gasteiger partial charge in [0.1, 0.15) is 0 Å².